The standard InChI is InChI=1S/C23H33N3O2/c1-6-28-20-11-9-19(10-12-20)22-8-7-13-25(22)23(27)14-21-17(4)24-26(18(21)5)15-16(2)3/h9-12,16,22H,6-8,13-15H2,1-5H3. The van der Waals surface area contributed by atoms with E-state index < -0.39 is 0 Å². The number of carbonyl (C=O) groups excluding carboxylic acids is 1. The first-order valence-corrected chi connectivity index (χ1v) is 10.5. The monoisotopic (exact) mass is 383 g/mol. The number of benzene rings is 1. The summed E-state index contributed by atoms with van der Waals surface area (Å²) in [5.74, 6) is 1.61. The van der Waals surface area contributed by atoms with E-state index in [0.717, 1.165) is 48.6 Å². The number of ether oxygens (including phenoxy) is 1. The van der Waals surface area contributed by atoms with Crippen molar-refractivity contribution in [1.82, 2.24) is 14.7 Å². The van der Waals surface area contributed by atoms with E-state index in [-0.39, 0.29) is 11.9 Å². The number of aryl methyl sites for hydroxylation is 1. The zero-order chi connectivity index (χ0) is 20.3. The van der Waals surface area contributed by atoms with Gasteiger partial charge in [-0.2, -0.15) is 5.10 Å². The van der Waals surface area contributed by atoms with Crippen LogP contribution in [0.5, 0.6) is 5.75 Å². The van der Waals surface area contributed by atoms with Crippen LogP contribution in [0.2, 0.25) is 0 Å². The second-order valence-corrected chi connectivity index (χ2v) is 8.15. The number of aromatic nitrogens is 2. The van der Waals surface area contributed by atoms with E-state index in [2.05, 4.69) is 42.7 Å². The minimum absolute atomic E-state index is 0.162. The maximum Gasteiger partial charge on any atom is 0.227 e. The van der Waals surface area contributed by atoms with Gasteiger partial charge >= 0.3 is 0 Å². The Morgan fingerprint density at radius 3 is 2.61 bits per heavy atom. The molecule has 0 N–H and O–H groups in total. The quantitative estimate of drug-likeness (QED) is 0.709. The Hall–Kier alpha value is -2.30. The summed E-state index contributed by atoms with van der Waals surface area (Å²) in [5, 5.41) is 4.67. The number of hydrogen-bond acceptors (Lipinski definition) is 3. The summed E-state index contributed by atoms with van der Waals surface area (Å²) in [6.45, 7) is 12.8. The molecule has 1 unspecified atom stereocenters. The molecule has 152 valence electrons. The first kappa shape index (κ1) is 20.4. The lowest BCUT2D eigenvalue weighted by Gasteiger charge is -2.25. The molecule has 0 radical (unpaired) electrons. The highest BCUT2D eigenvalue weighted by atomic mass is 16.5. The molecule has 2 heterocycles. The molecule has 0 aliphatic carbocycles. The molecule has 2 aromatic rings. The maximum absolute atomic E-state index is 13.2. The van der Waals surface area contributed by atoms with Gasteiger partial charge in [0.1, 0.15) is 5.75 Å². The van der Waals surface area contributed by atoms with Gasteiger partial charge in [0.25, 0.3) is 0 Å². The third-order valence-electron chi connectivity index (χ3n) is 5.55. The summed E-state index contributed by atoms with van der Waals surface area (Å²) in [7, 11) is 0. The Morgan fingerprint density at radius 1 is 1.25 bits per heavy atom. The molecule has 0 saturated carbocycles. The van der Waals surface area contributed by atoms with Crippen molar-refractivity contribution in [2.24, 2.45) is 5.92 Å². The average molecular weight is 384 g/mol. The lowest BCUT2D eigenvalue weighted by Crippen LogP contribution is -2.32. The molecule has 3 rings (SSSR count). The molecule has 28 heavy (non-hydrogen) atoms. The van der Waals surface area contributed by atoms with Gasteiger partial charge in [0.05, 0.1) is 24.8 Å². The van der Waals surface area contributed by atoms with Gasteiger partial charge in [-0.3, -0.25) is 9.48 Å². The van der Waals surface area contributed by atoms with Crippen LogP contribution in [0, 0.1) is 19.8 Å². The number of rotatable bonds is 7. The predicted octanol–water partition coefficient (Wildman–Crippen LogP) is 4.46. The number of likely N-dealkylation sites (tertiary alicyclic amines) is 1. The van der Waals surface area contributed by atoms with E-state index >= 15 is 0 Å². The second-order valence-electron chi connectivity index (χ2n) is 8.15. The molecule has 5 nitrogen and oxygen atoms in total. The SMILES string of the molecule is CCOc1ccc(C2CCCN2C(=O)Cc2c(C)nn(CC(C)C)c2C)cc1. The van der Waals surface area contributed by atoms with Crippen molar-refractivity contribution in [3.05, 3.63) is 46.8 Å². The van der Waals surface area contributed by atoms with Crippen LogP contribution in [0.4, 0.5) is 0 Å². The number of nitrogens with zero attached hydrogens (tertiary/aromatic N) is 3. The molecule has 1 saturated heterocycles. The van der Waals surface area contributed by atoms with Crippen LogP contribution in [0.1, 0.15) is 62.2 Å². The summed E-state index contributed by atoms with van der Waals surface area (Å²) in [4.78, 5) is 15.2. The van der Waals surface area contributed by atoms with E-state index in [1.807, 2.05) is 30.9 Å². The highest BCUT2D eigenvalue weighted by Gasteiger charge is 2.30. The Bertz CT molecular complexity index is 808. The van der Waals surface area contributed by atoms with Gasteiger partial charge in [-0.15, -0.1) is 0 Å². The zero-order valence-electron chi connectivity index (χ0n) is 17.9. The molecule has 1 amide bonds. The molecule has 1 atom stereocenters. The van der Waals surface area contributed by atoms with Gasteiger partial charge < -0.3 is 9.64 Å². The van der Waals surface area contributed by atoms with Gasteiger partial charge in [-0.1, -0.05) is 26.0 Å². The third kappa shape index (κ3) is 4.40. The second kappa shape index (κ2) is 8.80. The Balaban J connectivity index is 1.74. The molecule has 1 aromatic carbocycles. The molecule has 1 aromatic heterocycles. The van der Waals surface area contributed by atoms with E-state index in [0.29, 0.717) is 18.9 Å². The van der Waals surface area contributed by atoms with Crippen LogP contribution in [-0.4, -0.2) is 33.7 Å². The average Bonchev–Trinajstić information content (AvgIpc) is 3.23. The van der Waals surface area contributed by atoms with Crippen molar-refractivity contribution in [3.8, 4) is 5.75 Å². The molecule has 5 heteroatoms. The summed E-state index contributed by atoms with van der Waals surface area (Å²) in [6.07, 6.45) is 2.50. The highest BCUT2D eigenvalue weighted by molar-refractivity contribution is 5.80. The zero-order valence-corrected chi connectivity index (χ0v) is 17.9. The number of amides is 1. The van der Waals surface area contributed by atoms with Crippen molar-refractivity contribution in [1.29, 1.82) is 0 Å². The Kier molecular flexibility index (Phi) is 6.42. The fourth-order valence-electron chi connectivity index (χ4n) is 4.13. The fraction of sp³-hybridized carbons (Fsp3) is 0.565. The molecule has 1 aliphatic heterocycles. The molecule has 1 aliphatic rings. The van der Waals surface area contributed by atoms with Gasteiger partial charge in [-0.25, -0.2) is 0 Å². The van der Waals surface area contributed by atoms with Crippen LogP contribution in [-0.2, 0) is 17.8 Å². The Labute approximate surface area is 168 Å². The van der Waals surface area contributed by atoms with E-state index in [1.165, 1.54) is 5.56 Å². The van der Waals surface area contributed by atoms with Crippen LogP contribution < -0.4 is 4.74 Å². The topological polar surface area (TPSA) is 47.4 Å². The predicted molar refractivity (Wildman–Crippen MR) is 112 cm³/mol. The van der Waals surface area contributed by atoms with Crippen LogP contribution >= 0.6 is 0 Å². The van der Waals surface area contributed by atoms with Gasteiger partial charge in [0, 0.05) is 24.3 Å². The number of carbonyl (C=O) groups is 1. The molecular weight excluding hydrogens is 350 g/mol. The molecular formula is C23H33N3O2. The van der Waals surface area contributed by atoms with E-state index in [1.54, 1.807) is 0 Å². The van der Waals surface area contributed by atoms with Crippen molar-refractivity contribution in [2.45, 2.75) is 66.5 Å². The van der Waals surface area contributed by atoms with E-state index in [9.17, 15) is 4.79 Å². The van der Waals surface area contributed by atoms with Gasteiger partial charge in [-0.05, 0) is 57.2 Å². The van der Waals surface area contributed by atoms with Gasteiger partial charge in [0.15, 0.2) is 0 Å². The fourth-order valence-corrected chi connectivity index (χ4v) is 4.13. The minimum atomic E-state index is 0.162. The lowest BCUT2D eigenvalue weighted by molar-refractivity contribution is -0.131. The van der Waals surface area contributed by atoms with Crippen LogP contribution in [0.15, 0.2) is 24.3 Å². The summed E-state index contributed by atoms with van der Waals surface area (Å²) >= 11 is 0. The lowest BCUT2D eigenvalue weighted by atomic mass is 10.0. The first-order chi connectivity index (χ1) is 13.4. The van der Waals surface area contributed by atoms with Crippen molar-refractivity contribution in [3.63, 3.8) is 0 Å². The smallest absolute Gasteiger partial charge is 0.227 e. The van der Waals surface area contributed by atoms with E-state index in [4.69, 9.17) is 4.74 Å². The minimum Gasteiger partial charge on any atom is -0.494 e. The largest absolute Gasteiger partial charge is 0.494 e. The maximum atomic E-state index is 13.2. The van der Waals surface area contributed by atoms with Crippen LogP contribution in [0.25, 0.3) is 0 Å². The third-order valence-corrected chi connectivity index (χ3v) is 5.55. The summed E-state index contributed by atoms with van der Waals surface area (Å²) < 4.78 is 7.60. The van der Waals surface area contributed by atoms with Crippen molar-refractivity contribution >= 4 is 5.91 Å². The normalized spacial score (nSPS) is 16.8. The molecule has 0 bridgehead atoms. The molecule has 1 fully saturated rings. The Morgan fingerprint density at radius 2 is 1.96 bits per heavy atom. The van der Waals surface area contributed by atoms with Crippen LogP contribution in [0.3, 0.4) is 0 Å². The summed E-state index contributed by atoms with van der Waals surface area (Å²) in [5.41, 5.74) is 4.38. The summed E-state index contributed by atoms with van der Waals surface area (Å²) in [6, 6.07) is 8.36. The molecule has 0 spiro atoms. The van der Waals surface area contributed by atoms with Crippen molar-refractivity contribution in [2.75, 3.05) is 13.2 Å². The first-order valence-electron chi connectivity index (χ1n) is 10.5. The number of hydrogen-bond donors (Lipinski definition) is 0. The van der Waals surface area contributed by atoms with Crippen molar-refractivity contribution < 1.29 is 9.53 Å². The highest BCUT2D eigenvalue weighted by Crippen LogP contribution is 2.33. The van der Waals surface area contributed by atoms with Gasteiger partial charge in [0.2, 0.25) is 5.91 Å².